The first-order valence-electron chi connectivity index (χ1n) is 11.4. The number of fused-ring (bicyclic) bond motifs is 1. The van der Waals surface area contributed by atoms with Crippen LogP contribution < -0.4 is 14.8 Å². The lowest BCUT2D eigenvalue weighted by Gasteiger charge is -2.23. The van der Waals surface area contributed by atoms with Crippen molar-refractivity contribution in [2.24, 2.45) is 0 Å². The molecule has 1 aromatic heterocycles. The minimum absolute atomic E-state index is 0.201. The smallest absolute Gasteiger partial charge is 0.239 e. The van der Waals surface area contributed by atoms with Gasteiger partial charge in [-0.25, -0.2) is 0 Å². The van der Waals surface area contributed by atoms with Crippen LogP contribution in [0.25, 0.3) is 16.6 Å². The predicted octanol–water partition coefficient (Wildman–Crippen LogP) is 4.13. The molecule has 4 rings (SSSR count). The molecule has 0 amide bonds. The lowest BCUT2D eigenvalue weighted by Crippen LogP contribution is -2.39. The Morgan fingerprint density at radius 1 is 0.917 bits per heavy atom. The quantitative estimate of drug-likeness (QED) is 0.210. The third kappa shape index (κ3) is 5.05. The highest BCUT2D eigenvalue weighted by Gasteiger charge is 2.28. The molecule has 1 atom stereocenters. The molecule has 3 aromatic carbocycles. The van der Waals surface area contributed by atoms with E-state index in [1.807, 2.05) is 68.2 Å². The number of quaternary nitrogens is 1. The van der Waals surface area contributed by atoms with E-state index in [0.29, 0.717) is 38.1 Å². The Hall–Kier alpha value is -3.51. The molecule has 36 heavy (non-hydrogen) atoms. The first-order chi connectivity index (χ1) is 17.1. The maximum Gasteiger partial charge on any atom is 0.239 e. The predicted molar refractivity (Wildman–Crippen MR) is 143 cm³/mol. The van der Waals surface area contributed by atoms with Crippen molar-refractivity contribution in [3.05, 3.63) is 84.1 Å². The Bertz CT molecular complexity index is 1440. The maximum absolute atomic E-state index is 13.7. The standard InChI is InChI=1S/C28H30N2O5P/c1-30(2,3)18-27(31)36(33)26-17-29(23-12-8-6-10-20(23)26)24-13-9-7-11-21(24)28(32)22-15-14-19(34-4)16-25(22)35-5/h6-17,33H,18H2,1-5H3/q+1. The van der Waals surface area contributed by atoms with E-state index < -0.39 is 8.15 Å². The summed E-state index contributed by atoms with van der Waals surface area (Å²) in [7, 11) is 6.77. The van der Waals surface area contributed by atoms with Gasteiger partial charge in [-0.2, -0.15) is 0 Å². The fraction of sp³-hybridized carbons (Fsp3) is 0.214. The van der Waals surface area contributed by atoms with Crippen LogP contribution in [-0.4, -0.2) is 67.2 Å². The lowest BCUT2D eigenvalue weighted by atomic mass is 10.0. The molecular weight excluding hydrogens is 475 g/mol. The van der Waals surface area contributed by atoms with Crippen molar-refractivity contribution < 1.29 is 28.4 Å². The van der Waals surface area contributed by atoms with E-state index in [1.54, 1.807) is 37.6 Å². The minimum atomic E-state index is -2.05. The Morgan fingerprint density at radius 3 is 2.31 bits per heavy atom. The van der Waals surface area contributed by atoms with Gasteiger partial charge in [-0.1, -0.05) is 30.3 Å². The van der Waals surface area contributed by atoms with Gasteiger partial charge in [0, 0.05) is 28.5 Å². The summed E-state index contributed by atoms with van der Waals surface area (Å²) in [5.74, 6) is 0.793. The Kier molecular flexibility index (Phi) is 7.27. The number of likely N-dealkylation sites (N-methyl/N-ethyl adjacent to an activating group) is 1. The van der Waals surface area contributed by atoms with Crippen LogP contribution in [0.15, 0.2) is 72.9 Å². The summed E-state index contributed by atoms with van der Waals surface area (Å²) in [5, 5.41) is 1.36. The van der Waals surface area contributed by atoms with E-state index in [0.717, 1.165) is 10.9 Å². The van der Waals surface area contributed by atoms with Gasteiger partial charge < -0.3 is 23.4 Å². The fourth-order valence-corrected chi connectivity index (χ4v) is 5.61. The van der Waals surface area contributed by atoms with Gasteiger partial charge in [-0.15, -0.1) is 0 Å². The number of aromatic nitrogens is 1. The zero-order chi connectivity index (χ0) is 26.0. The molecule has 0 aliphatic heterocycles. The number of benzene rings is 3. The Balaban J connectivity index is 1.84. The van der Waals surface area contributed by atoms with E-state index in [2.05, 4.69) is 0 Å². The second kappa shape index (κ2) is 10.2. The molecule has 0 spiro atoms. The minimum Gasteiger partial charge on any atom is -0.497 e. The highest BCUT2D eigenvalue weighted by atomic mass is 31.1. The molecule has 0 radical (unpaired) electrons. The van der Waals surface area contributed by atoms with Crippen molar-refractivity contribution >= 4 is 35.7 Å². The molecule has 1 heterocycles. The highest BCUT2D eigenvalue weighted by Crippen LogP contribution is 2.37. The van der Waals surface area contributed by atoms with Gasteiger partial charge in [0.05, 0.1) is 52.1 Å². The zero-order valence-electron chi connectivity index (χ0n) is 21.1. The van der Waals surface area contributed by atoms with Crippen molar-refractivity contribution in [1.82, 2.24) is 4.57 Å². The number of ether oxygens (including phenoxy) is 2. The summed E-state index contributed by atoms with van der Waals surface area (Å²) in [6.45, 7) is 0.216. The molecule has 0 bridgehead atoms. The van der Waals surface area contributed by atoms with Crippen LogP contribution in [0.3, 0.4) is 0 Å². The second-order valence-electron chi connectivity index (χ2n) is 9.47. The summed E-state index contributed by atoms with van der Waals surface area (Å²) < 4.78 is 13.0. The number of carbonyl (C=O) groups is 2. The molecule has 0 aliphatic carbocycles. The molecule has 0 saturated carbocycles. The molecule has 7 nitrogen and oxygen atoms in total. The number of ketones is 1. The van der Waals surface area contributed by atoms with Crippen molar-refractivity contribution in [3.8, 4) is 17.2 Å². The first kappa shape index (κ1) is 25.6. The van der Waals surface area contributed by atoms with Crippen molar-refractivity contribution in [1.29, 1.82) is 0 Å². The largest absolute Gasteiger partial charge is 0.497 e. The van der Waals surface area contributed by atoms with Gasteiger partial charge in [0.2, 0.25) is 5.52 Å². The summed E-state index contributed by atoms with van der Waals surface area (Å²) in [5.41, 5.74) is 2.12. The van der Waals surface area contributed by atoms with Gasteiger partial charge in [0.25, 0.3) is 0 Å². The van der Waals surface area contributed by atoms with Gasteiger partial charge in [0.15, 0.2) is 5.78 Å². The molecule has 1 unspecified atom stereocenters. The van der Waals surface area contributed by atoms with Gasteiger partial charge in [0.1, 0.15) is 26.2 Å². The van der Waals surface area contributed by atoms with Crippen LogP contribution in [0.1, 0.15) is 15.9 Å². The lowest BCUT2D eigenvalue weighted by molar-refractivity contribution is -0.861. The molecule has 0 saturated heterocycles. The number of rotatable bonds is 9. The van der Waals surface area contributed by atoms with E-state index in [-0.39, 0.29) is 17.9 Å². The van der Waals surface area contributed by atoms with E-state index in [1.165, 1.54) is 7.11 Å². The monoisotopic (exact) mass is 505 g/mol. The van der Waals surface area contributed by atoms with Crippen LogP contribution in [0, 0.1) is 0 Å². The second-order valence-corrected chi connectivity index (χ2v) is 11.1. The third-order valence-corrected chi connectivity index (χ3v) is 7.25. The topological polar surface area (TPSA) is 77.8 Å². The van der Waals surface area contributed by atoms with Gasteiger partial charge >= 0.3 is 0 Å². The molecule has 186 valence electrons. The normalized spacial score (nSPS) is 12.4. The van der Waals surface area contributed by atoms with E-state index in [9.17, 15) is 14.5 Å². The maximum atomic E-state index is 13.7. The zero-order valence-corrected chi connectivity index (χ0v) is 22.0. The van der Waals surface area contributed by atoms with Crippen LogP contribution in [0.5, 0.6) is 11.5 Å². The molecule has 0 fully saturated rings. The number of carbonyl (C=O) groups excluding carboxylic acids is 2. The molecule has 4 aromatic rings. The van der Waals surface area contributed by atoms with E-state index in [4.69, 9.17) is 9.47 Å². The van der Waals surface area contributed by atoms with Gasteiger partial charge in [-0.3, -0.25) is 9.59 Å². The van der Waals surface area contributed by atoms with Crippen molar-refractivity contribution in [2.45, 2.75) is 0 Å². The first-order valence-corrected chi connectivity index (χ1v) is 12.7. The Labute approximate surface area is 211 Å². The van der Waals surface area contributed by atoms with Crippen LogP contribution in [0.4, 0.5) is 0 Å². The summed E-state index contributed by atoms with van der Waals surface area (Å²) in [6.07, 6.45) is 1.78. The number of methoxy groups -OCH3 is 2. The third-order valence-electron chi connectivity index (χ3n) is 5.83. The fourth-order valence-electron chi connectivity index (χ4n) is 4.14. The SMILES string of the molecule is COc1ccc(C(=O)c2ccccc2-n2cc(P(O)C(=O)C[N+](C)(C)C)c3ccccc32)c(OC)c1. The van der Waals surface area contributed by atoms with E-state index >= 15 is 0 Å². The number of para-hydroxylation sites is 2. The number of hydrogen-bond donors (Lipinski definition) is 1. The number of nitrogens with zero attached hydrogens (tertiary/aromatic N) is 2. The molecule has 8 heteroatoms. The average molecular weight is 506 g/mol. The summed E-state index contributed by atoms with van der Waals surface area (Å²) >= 11 is 0. The molecular formula is C28H30N2O5P+. The summed E-state index contributed by atoms with van der Waals surface area (Å²) in [6, 6.07) is 20.0. The molecule has 0 aliphatic rings. The van der Waals surface area contributed by atoms with Crippen LogP contribution in [0.2, 0.25) is 0 Å². The van der Waals surface area contributed by atoms with Crippen LogP contribution in [-0.2, 0) is 4.79 Å². The van der Waals surface area contributed by atoms with Crippen LogP contribution >= 0.6 is 8.15 Å². The number of hydrogen-bond acceptors (Lipinski definition) is 5. The van der Waals surface area contributed by atoms with Crippen molar-refractivity contribution in [2.75, 3.05) is 41.9 Å². The highest BCUT2D eigenvalue weighted by molar-refractivity contribution is 7.77. The van der Waals surface area contributed by atoms with Gasteiger partial charge in [-0.05, 0) is 30.3 Å². The Morgan fingerprint density at radius 2 is 1.61 bits per heavy atom. The molecule has 1 N–H and O–H groups in total. The average Bonchev–Trinajstić information content (AvgIpc) is 3.26. The van der Waals surface area contributed by atoms with Crippen molar-refractivity contribution in [3.63, 3.8) is 0 Å². The summed E-state index contributed by atoms with van der Waals surface area (Å²) in [4.78, 5) is 37.7.